The number of carbonyl (C=O) groups is 3. The van der Waals surface area contributed by atoms with E-state index in [4.69, 9.17) is 16.9 Å². The van der Waals surface area contributed by atoms with E-state index in [-0.39, 0.29) is 19.0 Å². The molecule has 3 amide bonds. The zero-order chi connectivity index (χ0) is 24.1. The van der Waals surface area contributed by atoms with Gasteiger partial charge in [-0.1, -0.05) is 35.9 Å². The highest BCUT2D eigenvalue weighted by Crippen LogP contribution is 2.47. The number of hydrogen-bond donors (Lipinski definition) is 3. The molecule has 3 N–H and O–H groups in total. The number of rotatable bonds is 7. The van der Waals surface area contributed by atoms with Crippen molar-refractivity contribution in [3.8, 4) is 16.5 Å². The van der Waals surface area contributed by atoms with Crippen molar-refractivity contribution < 1.29 is 14.4 Å². The molecule has 2 aromatic carbocycles. The van der Waals surface area contributed by atoms with Gasteiger partial charge < -0.3 is 16.0 Å². The lowest BCUT2D eigenvalue weighted by atomic mass is 9.99. The largest absolute Gasteiger partial charge is 0.344 e. The highest BCUT2D eigenvalue weighted by Gasteiger charge is 2.46. The molecule has 0 radical (unpaired) electrons. The summed E-state index contributed by atoms with van der Waals surface area (Å²) in [4.78, 5) is 38.0. The van der Waals surface area contributed by atoms with E-state index >= 15 is 0 Å². The molecule has 1 aliphatic rings. The topological polar surface area (TPSA) is 111 Å². The molecule has 0 aliphatic heterocycles. The third kappa shape index (κ3) is 5.28. The van der Waals surface area contributed by atoms with Crippen LogP contribution in [-0.2, 0) is 21.7 Å². The smallest absolute Gasteiger partial charge is 0.310 e. The summed E-state index contributed by atoms with van der Waals surface area (Å²) in [5, 5.41) is 19.0. The van der Waals surface area contributed by atoms with Gasteiger partial charge in [0.15, 0.2) is 0 Å². The summed E-state index contributed by atoms with van der Waals surface area (Å²) in [5.74, 6) is -2.04. The Morgan fingerprint density at radius 1 is 1.03 bits per heavy atom. The van der Waals surface area contributed by atoms with Crippen molar-refractivity contribution in [2.45, 2.75) is 24.9 Å². The summed E-state index contributed by atoms with van der Waals surface area (Å²) < 4.78 is 0. The summed E-state index contributed by atoms with van der Waals surface area (Å²) in [7, 11) is 0. The maximum Gasteiger partial charge on any atom is 0.310 e. The minimum Gasteiger partial charge on any atom is -0.344 e. The molecule has 0 unspecified atom stereocenters. The Morgan fingerprint density at radius 2 is 1.79 bits per heavy atom. The van der Waals surface area contributed by atoms with Gasteiger partial charge in [0.05, 0.1) is 11.6 Å². The predicted molar refractivity (Wildman–Crippen MR) is 130 cm³/mol. The lowest BCUT2D eigenvalue weighted by Gasteiger charge is -2.20. The van der Waals surface area contributed by atoms with Crippen LogP contribution in [0.1, 0.15) is 34.3 Å². The van der Waals surface area contributed by atoms with Crippen LogP contribution in [0, 0.1) is 11.3 Å². The molecule has 1 saturated carbocycles. The number of carbonyl (C=O) groups excluding carboxylic acids is 3. The maximum atomic E-state index is 13.2. The Morgan fingerprint density at radius 3 is 2.50 bits per heavy atom. The standard InChI is InChI=1S/C25H21ClN4O3S/c26-19-13-17(21-6-3-11-34-21)12-18(14-19)25(7-8-25)30-22(31)20-5-2-1-4-16(20)15-29-24(33)23(32)28-10-9-27/h1-6,11-14H,7-8,10,15H2,(H,28,32)(H,29,33)(H,30,31). The highest BCUT2D eigenvalue weighted by atomic mass is 35.5. The monoisotopic (exact) mass is 492 g/mol. The van der Waals surface area contributed by atoms with E-state index in [1.165, 1.54) is 0 Å². The number of thiophene rings is 1. The van der Waals surface area contributed by atoms with Crippen molar-refractivity contribution in [3.05, 3.63) is 81.7 Å². The quantitative estimate of drug-likeness (QED) is 0.344. The van der Waals surface area contributed by atoms with Gasteiger partial charge in [0, 0.05) is 22.0 Å². The predicted octanol–water partition coefficient (Wildman–Crippen LogP) is 3.74. The Bertz CT molecular complexity index is 1280. The van der Waals surface area contributed by atoms with Crippen molar-refractivity contribution in [1.82, 2.24) is 16.0 Å². The molecule has 1 aliphatic carbocycles. The molecular formula is C25H21ClN4O3S. The van der Waals surface area contributed by atoms with Crippen molar-refractivity contribution in [2.75, 3.05) is 6.54 Å². The van der Waals surface area contributed by atoms with E-state index in [0.717, 1.165) is 28.8 Å². The Kier molecular flexibility index (Phi) is 6.96. The van der Waals surface area contributed by atoms with Gasteiger partial charge >= 0.3 is 11.8 Å². The van der Waals surface area contributed by atoms with Crippen LogP contribution >= 0.6 is 22.9 Å². The molecule has 0 bridgehead atoms. The first-order chi connectivity index (χ1) is 16.4. The first kappa shape index (κ1) is 23.5. The third-order valence-corrected chi connectivity index (χ3v) is 6.73. The number of hydrogen-bond acceptors (Lipinski definition) is 5. The van der Waals surface area contributed by atoms with Crippen LogP contribution < -0.4 is 16.0 Å². The number of amides is 3. The fourth-order valence-corrected chi connectivity index (χ4v) is 4.65. The van der Waals surface area contributed by atoms with E-state index in [1.807, 2.05) is 29.6 Å². The SMILES string of the molecule is N#CCNC(=O)C(=O)NCc1ccccc1C(=O)NC1(c2cc(Cl)cc(-c3cccs3)c2)CC1. The van der Waals surface area contributed by atoms with Crippen LogP contribution in [0.15, 0.2) is 60.0 Å². The first-order valence-electron chi connectivity index (χ1n) is 10.6. The Balaban J connectivity index is 1.49. The molecule has 1 heterocycles. The number of halogens is 1. The summed E-state index contributed by atoms with van der Waals surface area (Å²) in [6, 6.07) is 18.5. The second-order valence-corrected chi connectivity index (χ2v) is 9.31. The van der Waals surface area contributed by atoms with Gasteiger partial charge in [-0.05, 0) is 65.2 Å². The molecule has 4 rings (SSSR count). The number of nitrogens with zero attached hydrogens (tertiary/aromatic N) is 1. The van der Waals surface area contributed by atoms with Crippen LogP contribution in [-0.4, -0.2) is 24.3 Å². The van der Waals surface area contributed by atoms with Crippen molar-refractivity contribution in [3.63, 3.8) is 0 Å². The third-order valence-electron chi connectivity index (χ3n) is 5.59. The van der Waals surface area contributed by atoms with Crippen molar-refractivity contribution >= 4 is 40.7 Å². The van der Waals surface area contributed by atoms with E-state index in [1.54, 1.807) is 41.7 Å². The van der Waals surface area contributed by atoms with Crippen LogP contribution in [0.3, 0.4) is 0 Å². The first-order valence-corrected chi connectivity index (χ1v) is 11.9. The molecular weight excluding hydrogens is 472 g/mol. The van der Waals surface area contributed by atoms with Crippen LogP contribution in [0.5, 0.6) is 0 Å². The molecule has 7 nitrogen and oxygen atoms in total. The van der Waals surface area contributed by atoms with E-state index in [2.05, 4.69) is 22.0 Å². The molecule has 172 valence electrons. The molecule has 0 saturated heterocycles. The minimum absolute atomic E-state index is 0.00487. The Labute approximate surface area is 205 Å². The summed E-state index contributed by atoms with van der Waals surface area (Å²) in [5.41, 5.74) is 2.45. The molecule has 0 spiro atoms. The second-order valence-electron chi connectivity index (χ2n) is 7.92. The summed E-state index contributed by atoms with van der Waals surface area (Å²) >= 11 is 8.04. The van der Waals surface area contributed by atoms with Crippen LogP contribution in [0.2, 0.25) is 5.02 Å². The minimum atomic E-state index is -0.900. The number of nitriles is 1. The van der Waals surface area contributed by atoms with Crippen molar-refractivity contribution in [1.29, 1.82) is 5.26 Å². The fraction of sp³-hybridized carbons (Fsp3) is 0.200. The van der Waals surface area contributed by atoms with E-state index in [9.17, 15) is 14.4 Å². The maximum absolute atomic E-state index is 13.2. The van der Waals surface area contributed by atoms with E-state index in [0.29, 0.717) is 16.1 Å². The summed E-state index contributed by atoms with van der Waals surface area (Å²) in [6.45, 7) is -0.264. The van der Waals surface area contributed by atoms with Gasteiger partial charge in [-0.2, -0.15) is 5.26 Å². The molecule has 3 aromatic rings. The lowest BCUT2D eigenvalue weighted by Crippen LogP contribution is -2.40. The van der Waals surface area contributed by atoms with Crippen molar-refractivity contribution in [2.24, 2.45) is 0 Å². The van der Waals surface area contributed by atoms with Crippen LogP contribution in [0.4, 0.5) is 0 Å². The number of benzene rings is 2. The second kappa shape index (κ2) is 10.1. The Hall–Kier alpha value is -3.67. The fourth-order valence-electron chi connectivity index (χ4n) is 3.70. The lowest BCUT2D eigenvalue weighted by molar-refractivity contribution is -0.139. The van der Waals surface area contributed by atoms with Gasteiger partial charge in [-0.15, -0.1) is 11.3 Å². The van der Waals surface area contributed by atoms with Gasteiger partial charge in [0.2, 0.25) is 0 Å². The zero-order valence-corrected chi connectivity index (χ0v) is 19.6. The molecule has 1 fully saturated rings. The molecule has 0 atom stereocenters. The normalized spacial score (nSPS) is 13.4. The molecule has 9 heteroatoms. The van der Waals surface area contributed by atoms with Gasteiger partial charge in [0.25, 0.3) is 5.91 Å². The zero-order valence-electron chi connectivity index (χ0n) is 18.1. The van der Waals surface area contributed by atoms with Gasteiger partial charge in [0.1, 0.15) is 6.54 Å². The average molecular weight is 493 g/mol. The van der Waals surface area contributed by atoms with Gasteiger partial charge in [-0.25, -0.2) is 0 Å². The van der Waals surface area contributed by atoms with Gasteiger partial charge in [-0.3, -0.25) is 14.4 Å². The number of nitrogens with one attached hydrogen (secondary N) is 3. The summed E-state index contributed by atoms with van der Waals surface area (Å²) in [6.07, 6.45) is 1.59. The van der Waals surface area contributed by atoms with Crippen LogP contribution in [0.25, 0.3) is 10.4 Å². The average Bonchev–Trinajstić information content (AvgIpc) is 3.40. The van der Waals surface area contributed by atoms with E-state index < -0.39 is 17.4 Å². The molecule has 1 aromatic heterocycles. The highest BCUT2D eigenvalue weighted by molar-refractivity contribution is 7.13. The molecule has 34 heavy (non-hydrogen) atoms.